The number of fused-ring (bicyclic) bond motifs is 1. The predicted molar refractivity (Wildman–Crippen MR) is 58.8 cm³/mol. The zero-order valence-corrected chi connectivity index (χ0v) is 9.39. The van der Waals surface area contributed by atoms with E-state index >= 15 is 0 Å². The monoisotopic (exact) mass is 243 g/mol. The van der Waals surface area contributed by atoms with E-state index in [1.54, 1.807) is 19.1 Å². The van der Waals surface area contributed by atoms with E-state index in [2.05, 4.69) is 4.98 Å². The van der Waals surface area contributed by atoms with Crippen LogP contribution in [0.25, 0.3) is 11.1 Å². The first-order chi connectivity index (χ1) is 7.11. The highest BCUT2D eigenvalue weighted by Gasteiger charge is 2.12. The summed E-state index contributed by atoms with van der Waals surface area (Å²) in [4.78, 5) is 15.5. The van der Waals surface area contributed by atoms with Gasteiger partial charge in [-0.05, 0) is 12.1 Å². The van der Waals surface area contributed by atoms with Gasteiger partial charge in [0.25, 0.3) is 0 Å². The molecule has 15 heavy (non-hydrogen) atoms. The summed E-state index contributed by atoms with van der Waals surface area (Å²) in [7, 11) is 0. The van der Waals surface area contributed by atoms with Gasteiger partial charge in [-0.15, -0.1) is 11.6 Å². The third kappa shape index (κ3) is 1.85. The molecule has 1 heterocycles. The van der Waals surface area contributed by atoms with Gasteiger partial charge in [0.15, 0.2) is 17.3 Å². The van der Waals surface area contributed by atoms with Crippen molar-refractivity contribution in [1.29, 1.82) is 0 Å². The molecule has 0 radical (unpaired) electrons. The number of aromatic nitrogens is 1. The fraction of sp³-hybridized carbons (Fsp3) is 0.200. The van der Waals surface area contributed by atoms with E-state index in [0.29, 0.717) is 27.6 Å². The van der Waals surface area contributed by atoms with Crippen LogP contribution in [0.15, 0.2) is 16.5 Å². The van der Waals surface area contributed by atoms with Crippen molar-refractivity contribution >= 4 is 40.1 Å². The first kappa shape index (κ1) is 10.5. The van der Waals surface area contributed by atoms with Crippen LogP contribution in [0.5, 0.6) is 0 Å². The molecule has 0 spiro atoms. The Bertz CT molecular complexity index is 533. The molecule has 0 saturated carbocycles. The lowest BCUT2D eigenvalue weighted by Gasteiger charge is -1.97. The van der Waals surface area contributed by atoms with Crippen LogP contribution in [-0.4, -0.2) is 16.6 Å². The van der Waals surface area contributed by atoms with Crippen LogP contribution in [0.1, 0.15) is 16.2 Å². The number of carbonyl (C=O) groups is 1. The van der Waals surface area contributed by atoms with Crippen molar-refractivity contribution in [1.82, 2.24) is 4.98 Å². The maximum atomic E-state index is 11.4. The molecule has 0 unspecified atom stereocenters. The molecule has 2 aromatic rings. The van der Waals surface area contributed by atoms with E-state index in [1.807, 2.05) is 0 Å². The lowest BCUT2D eigenvalue weighted by atomic mass is 10.1. The summed E-state index contributed by atoms with van der Waals surface area (Å²) in [6.45, 7) is 1.72. The van der Waals surface area contributed by atoms with Crippen LogP contribution in [0.4, 0.5) is 0 Å². The molecule has 0 bridgehead atoms. The smallest absolute Gasteiger partial charge is 0.192 e. The second-order valence-corrected chi connectivity index (χ2v) is 3.77. The number of carbonyl (C=O) groups excluding carboxylic acids is 1. The van der Waals surface area contributed by atoms with Crippen molar-refractivity contribution in [3.63, 3.8) is 0 Å². The Balaban J connectivity index is 2.66. The molecule has 0 aliphatic rings. The molecule has 2 rings (SSSR count). The number of nitrogens with zero attached hydrogens (tertiary/aromatic N) is 1. The van der Waals surface area contributed by atoms with Gasteiger partial charge < -0.3 is 4.42 Å². The largest absolute Gasteiger partial charge is 0.441 e. The topological polar surface area (TPSA) is 43.1 Å². The van der Waals surface area contributed by atoms with Crippen LogP contribution in [0, 0.1) is 6.92 Å². The van der Waals surface area contributed by atoms with Crippen molar-refractivity contribution in [2.45, 2.75) is 6.92 Å². The Morgan fingerprint density at radius 3 is 2.93 bits per heavy atom. The Morgan fingerprint density at radius 1 is 1.53 bits per heavy atom. The summed E-state index contributed by atoms with van der Waals surface area (Å²) in [6, 6.07) is 3.16. The highest BCUT2D eigenvalue weighted by molar-refractivity contribution is 6.36. The summed E-state index contributed by atoms with van der Waals surface area (Å²) in [6.07, 6.45) is 0. The van der Waals surface area contributed by atoms with Gasteiger partial charge >= 0.3 is 0 Å². The van der Waals surface area contributed by atoms with Crippen molar-refractivity contribution < 1.29 is 9.21 Å². The fourth-order valence-electron chi connectivity index (χ4n) is 1.34. The number of rotatable bonds is 2. The number of aryl methyl sites for hydroxylation is 1. The van der Waals surface area contributed by atoms with Gasteiger partial charge in [0, 0.05) is 12.5 Å². The molecule has 5 heteroatoms. The lowest BCUT2D eigenvalue weighted by Crippen LogP contribution is -1.99. The Labute approximate surface area is 96.0 Å². The minimum Gasteiger partial charge on any atom is -0.441 e. The number of Topliss-reactive ketones (excluding diaryl/α,β-unsaturated/α-hetero) is 1. The summed E-state index contributed by atoms with van der Waals surface area (Å²) >= 11 is 11.4. The molecule has 0 saturated heterocycles. The number of halogens is 2. The summed E-state index contributed by atoms with van der Waals surface area (Å²) in [5.41, 5.74) is 1.52. The van der Waals surface area contributed by atoms with Gasteiger partial charge in [-0.3, -0.25) is 4.79 Å². The standard InChI is InChI=1S/C10H7Cl2NO2/c1-5-13-10-7(12)2-6(8(14)4-11)3-9(10)15-5/h2-3H,4H2,1H3. The van der Waals surface area contributed by atoms with Crippen molar-refractivity contribution in [3.8, 4) is 0 Å². The number of benzene rings is 1. The van der Waals surface area contributed by atoms with Gasteiger partial charge in [-0.25, -0.2) is 4.98 Å². The average molecular weight is 244 g/mol. The van der Waals surface area contributed by atoms with E-state index in [1.165, 1.54) is 0 Å². The van der Waals surface area contributed by atoms with Gasteiger partial charge in [0.2, 0.25) is 0 Å². The summed E-state index contributed by atoms with van der Waals surface area (Å²) in [5.74, 6) is 0.256. The number of alkyl halides is 1. The highest BCUT2D eigenvalue weighted by Crippen LogP contribution is 2.25. The molecule has 0 aliphatic heterocycles. The molecule has 0 amide bonds. The Morgan fingerprint density at radius 2 is 2.27 bits per heavy atom. The van der Waals surface area contributed by atoms with Gasteiger partial charge in [-0.1, -0.05) is 11.6 Å². The van der Waals surface area contributed by atoms with E-state index in [0.717, 1.165) is 0 Å². The molecule has 1 aromatic carbocycles. The van der Waals surface area contributed by atoms with E-state index in [4.69, 9.17) is 27.6 Å². The molecular weight excluding hydrogens is 237 g/mol. The number of oxazole rings is 1. The van der Waals surface area contributed by atoms with Gasteiger partial charge in [-0.2, -0.15) is 0 Å². The molecular formula is C10H7Cl2NO2. The Kier molecular flexibility index (Phi) is 2.67. The van der Waals surface area contributed by atoms with E-state index < -0.39 is 0 Å². The highest BCUT2D eigenvalue weighted by atomic mass is 35.5. The summed E-state index contributed by atoms with van der Waals surface area (Å²) < 4.78 is 5.29. The van der Waals surface area contributed by atoms with Crippen molar-refractivity contribution in [2.24, 2.45) is 0 Å². The van der Waals surface area contributed by atoms with Gasteiger partial charge in [0.05, 0.1) is 10.9 Å². The Hall–Kier alpha value is -1.06. The third-order valence-electron chi connectivity index (χ3n) is 2.00. The van der Waals surface area contributed by atoms with Gasteiger partial charge in [0.1, 0.15) is 5.52 Å². The van der Waals surface area contributed by atoms with Crippen molar-refractivity contribution in [3.05, 3.63) is 28.6 Å². The van der Waals surface area contributed by atoms with E-state index in [9.17, 15) is 4.79 Å². The first-order valence-corrected chi connectivity index (χ1v) is 5.19. The number of hydrogen-bond acceptors (Lipinski definition) is 3. The molecule has 78 valence electrons. The zero-order valence-electron chi connectivity index (χ0n) is 7.88. The minimum atomic E-state index is -0.186. The molecule has 1 aromatic heterocycles. The second kappa shape index (κ2) is 3.83. The normalized spacial score (nSPS) is 10.9. The molecule has 0 aliphatic carbocycles. The van der Waals surface area contributed by atoms with Crippen LogP contribution in [0.3, 0.4) is 0 Å². The minimum absolute atomic E-state index is 0.0744. The van der Waals surface area contributed by atoms with Crippen LogP contribution in [-0.2, 0) is 0 Å². The molecule has 3 nitrogen and oxygen atoms in total. The lowest BCUT2D eigenvalue weighted by molar-refractivity contribution is 0.102. The van der Waals surface area contributed by atoms with Crippen LogP contribution in [0.2, 0.25) is 5.02 Å². The third-order valence-corrected chi connectivity index (χ3v) is 2.53. The molecule has 0 N–H and O–H groups in total. The first-order valence-electron chi connectivity index (χ1n) is 4.27. The number of ketones is 1. The van der Waals surface area contributed by atoms with Crippen molar-refractivity contribution in [2.75, 3.05) is 5.88 Å². The van der Waals surface area contributed by atoms with Crippen LogP contribution >= 0.6 is 23.2 Å². The molecule has 0 atom stereocenters. The number of hydrogen-bond donors (Lipinski definition) is 0. The SMILES string of the molecule is Cc1nc2c(Cl)cc(C(=O)CCl)cc2o1. The summed E-state index contributed by atoms with van der Waals surface area (Å²) in [5, 5.41) is 0.401. The van der Waals surface area contributed by atoms with E-state index in [-0.39, 0.29) is 11.7 Å². The fourth-order valence-corrected chi connectivity index (χ4v) is 1.74. The van der Waals surface area contributed by atoms with Crippen LogP contribution < -0.4 is 0 Å². The predicted octanol–water partition coefficient (Wildman–Crippen LogP) is 3.21. The second-order valence-electron chi connectivity index (χ2n) is 3.09. The average Bonchev–Trinajstić information content (AvgIpc) is 2.58. The zero-order chi connectivity index (χ0) is 11.0. The quantitative estimate of drug-likeness (QED) is 0.601. The molecule has 0 fully saturated rings. The maximum Gasteiger partial charge on any atom is 0.192 e. The maximum absolute atomic E-state index is 11.4.